The van der Waals surface area contributed by atoms with Crippen molar-refractivity contribution in [3.63, 3.8) is 0 Å². The molecule has 0 saturated carbocycles. The lowest BCUT2D eigenvalue weighted by Crippen LogP contribution is -2.51. The topological polar surface area (TPSA) is 82.4 Å². The average Bonchev–Trinajstić information content (AvgIpc) is 3.17. The maximum Gasteiger partial charge on any atom is 0.298 e. The Hall–Kier alpha value is -3.53. The number of nitrogens with zero attached hydrogens (tertiary/aromatic N) is 2. The Morgan fingerprint density at radius 2 is 1.94 bits per heavy atom. The lowest BCUT2D eigenvalue weighted by molar-refractivity contribution is -0.127. The molecule has 2 unspecified atom stereocenters. The molecule has 7 heteroatoms. The molecule has 2 fully saturated rings. The van der Waals surface area contributed by atoms with E-state index in [1.807, 2.05) is 29.2 Å². The van der Waals surface area contributed by atoms with E-state index >= 15 is 4.39 Å². The van der Waals surface area contributed by atoms with E-state index in [0.717, 1.165) is 36.8 Å². The maximum absolute atomic E-state index is 15.5. The lowest BCUT2D eigenvalue weighted by atomic mass is 9.79. The van der Waals surface area contributed by atoms with E-state index in [-0.39, 0.29) is 17.4 Å². The molecule has 0 radical (unpaired) electrons. The van der Waals surface area contributed by atoms with Crippen LogP contribution in [0, 0.1) is 29.5 Å². The van der Waals surface area contributed by atoms with Crippen LogP contribution in [-0.2, 0) is 4.79 Å². The predicted octanol–water partition coefficient (Wildman–Crippen LogP) is 3.26. The first-order valence-electron chi connectivity index (χ1n) is 11.0. The monoisotopic (exact) mass is 432 g/mol. The van der Waals surface area contributed by atoms with Gasteiger partial charge >= 0.3 is 0 Å². The van der Waals surface area contributed by atoms with Gasteiger partial charge in [0.05, 0.1) is 16.8 Å². The molecule has 0 spiro atoms. The summed E-state index contributed by atoms with van der Waals surface area (Å²) in [5, 5.41) is 1.55. The zero-order valence-electron chi connectivity index (χ0n) is 18.0. The molecule has 3 N–H and O–H groups in total. The standard InChI is InChI=1S/C25H25FN4O2/c1-2-5-21(31)29-10-8-15-9-11-30(14-16(15)13-29)24-19(26)12-18(25(27)32)23-22(24)17-6-3-4-7-20(17)28-23/h3-4,6-7,12,15-16,28H,8-11,13-14H2,1H3,(H2,27,32). The quantitative estimate of drug-likeness (QED) is 0.610. The molecule has 164 valence electrons. The molecule has 3 aromatic rings. The van der Waals surface area contributed by atoms with Crippen LogP contribution < -0.4 is 10.6 Å². The van der Waals surface area contributed by atoms with E-state index in [1.54, 1.807) is 6.92 Å². The smallest absolute Gasteiger partial charge is 0.298 e. The van der Waals surface area contributed by atoms with Crippen LogP contribution >= 0.6 is 0 Å². The van der Waals surface area contributed by atoms with E-state index in [1.165, 1.54) is 6.07 Å². The fourth-order valence-electron chi connectivity index (χ4n) is 5.42. The zero-order chi connectivity index (χ0) is 22.4. The van der Waals surface area contributed by atoms with Crippen molar-refractivity contribution in [2.45, 2.75) is 19.8 Å². The molecule has 5 rings (SSSR count). The fourth-order valence-corrected chi connectivity index (χ4v) is 5.42. The number of anilines is 1. The number of amides is 2. The number of piperidine rings is 2. The van der Waals surface area contributed by atoms with Gasteiger partial charge in [-0.3, -0.25) is 9.59 Å². The van der Waals surface area contributed by atoms with E-state index in [9.17, 15) is 9.59 Å². The SMILES string of the molecule is CC#CC(=O)N1CCC2CCN(c3c(F)cc(C(N)=O)c4[nH]c5ccccc5c34)CC2C1. The Morgan fingerprint density at radius 3 is 2.72 bits per heavy atom. The highest BCUT2D eigenvalue weighted by Gasteiger charge is 2.37. The molecule has 2 amide bonds. The molecule has 1 aromatic heterocycles. The van der Waals surface area contributed by atoms with Crippen molar-refractivity contribution >= 4 is 39.3 Å². The van der Waals surface area contributed by atoms with E-state index in [0.29, 0.717) is 35.6 Å². The summed E-state index contributed by atoms with van der Waals surface area (Å²) in [7, 11) is 0. The lowest BCUT2D eigenvalue weighted by Gasteiger charge is -2.45. The van der Waals surface area contributed by atoms with E-state index in [2.05, 4.69) is 21.7 Å². The Kier molecular flexibility index (Phi) is 5.01. The van der Waals surface area contributed by atoms with Gasteiger partial charge in [-0.05, 0) is 49.7 Å². The minimum atomic E-state index is -0.663. The van der Waals surface area contributed by atoms with Gasteiger partial charge in [0.2, 0.25) is 0 Å². The number of hydrogen-bond donors (Lipinski definition) is 2. The second-order valence-corrected chi connectivity index (χ2v) is 8.71. The molecule has 3 heterocycles. The van der Waals surface area contributed by atoms with Crippen LogP contribution in [0.3, 0.4) is 0 Å². The molecule has 6 nitrogen and oxygen atoms in total. The number of likely N-dealkylation sites (tertiary alicyclic amines) is 1. The van der Waals surface area contributed by atoms with Crippen LogP contribution in [0.5, 0.6) is 0 Å². The Bertz CT molecular complexity index is 1300. The third-order valence-corrected chi connectivity index (χ3v) is 6.93. The van der Waals surface area contributed by atoms with Crippen LogP contribution in [-0.4, -0.2) is 47.9 Å². The summed E-state index contributed by atoms with van der Waals surface area (Å²) < 4.78 is 15.5. The maximum atomic E-state index is 15.5. The summed E-state index contributed by atoms with van der Waals surface area (Å²) in [4.78, 5) is 31.5. The van der Waals surface area contributed by atoms with Crippen LogP contribution in [0.2, 0.25) is 0 Å². The largest absolute Gasteiger partial charge is 0.368 e. The molecular formula is C25H25FN4O2. The van der Waals surface area contributed by atoms with E-state index in [4.69, 9.17) is 5.73 Å². The van der Waals surface area contributed by atoms with Crippen LogP contribution in [0.15, 0.2) is 30.3 Å². The van der Waals surface area contributed by atoms with Crippen LogP contribution in [0.1, 0.15) is 30.1 Å². The van der Waals surface area contributed by atoms with Crippen molar-refractivity contribution in [3.8, 4) is 11.8 Å². The number of rotatable bonds is 2. The van der Waals surface area contributed by atoms with Crippen molar-refractivity contribution in [1.29, 1.82) is 0 Å². The Labute approximate surface area is 185 Å². The molecule has 2 saturated heterocycles. The second kappa shape index (κ2) is 7.86. The minimum Gasteiger partial charge on any atom is -0.368 e. The van der Waals surface area contributed by atoms with Gasteiger partial charge in [-0.15, -0.1) is 0 Å². The van der Waals surface area contributed by atoms with Gasteiger partial charge in [0.15, 0.2) is 0 Å². The third kappa shape index (κ3) is 3.27. The number of hydrogen-bond acceptors (Lipinski definition) is 3. The third-order valence-electron chi connectivity index (χ3n) is 6.93. The van der Waals surface area contributed by atoms with Crippen molar-refractivity contribution in [3.05, 3.63) is 41.7 Å². The molecular weight excluding hydrogens is 407 g/mol. The van der Waals surface area contributed by atoms with Gasteiger partial charge in [-0.25, -0.2) is 4.39 Å². The molecule has 2 aromatic carbocycles. The number of carbonyl (C=O) groups excluding carboxylic acids is 2. The minimum absolute atomic E-state index is 0.140. The summed E-state index contributed by atoms with van der Waals surface area (Å²) in [5.74, 6) is 4.83. The highest BCUT2D eigenvalue weighted by atomic mass is 19.1. The molecule has 2 aliphatic rings. The Balaban J connectivity index is 1.57. The van der Waals surface area contributed by atoms with Crippen molar-refractivity contribution < 1.29 is 14.0 Å². The zero-order valence-corrected chi connectivity index (χ0v) is 18.0. The predicted molar refractivity (Wildman–Crippen MR) is 123 cm³/mol. The number of primary amides is 1. The fraction of sp³-hybridized carbons (Fsp3) is 0.360. The summed E-state index contributed by atoms with van der Waals surface area (Å²) in [6, 6.07) is 8.89. The first-order valence-corrected chi connectivity index (χ1v) is 11.0. The van der Waals surface area contributed by atoms with Gasteiger partial charge in [0.25, 0.3) is 11.8 Å². The van der Waals surface area contributed by atoms with Gasteiger partial charge in [0.1, 0.15) is 5.82 Å². The number of para-hydroxylation sites is 1. The second-order valence-electron chi connectivity index (χ2n) is 8.71. The molecule has 2 atom stereocenters. The van der Waals surface area contributed by atoms with Gasteiger partial charge in [0, 0.05) is 42.5 Å². The number of aromatic amines is 1. The summed E-state index contributed by atoms with van der Waals surface area (Å²) in [6.07, 6.45) is 1.88. The van der Waals surface area contributed by atoms with Crippen LogP contribution in [0.25, 0.3) is 21.8 Å². The number of fused-ring (bicyclic) bond motifs is 4. The first-order chi connectivity index (χ1) is 15.5. The number of nitrogens with two attached hydrogens (primary N) is 1. The van der Waals surface area contributed by atoms with E-state index < -0.39 is 11.7 Å². The van der Waals surface area contributed by atoms with Crippen molar-refractivity contribution in [2.24, 2.45) is 17.6 Å². The first kappa shape index (κ1) is 20.4. The number of carbonyl (C=O) groups is 2. The Morgan fingerprint density at radius 1 is 1.16 bits per heavy atom. The number of halogens is 1. The molecule has 2 aliphatic heterocycles. The molecule has 0 bridgehead atoms. The number of H-pyrrole nitrogens is 1. The number of benzene rings is 2. The number of aromatic nitrogens is 1. The van der Waals surface area contributed by atoms with Crippen molar-refractivity contribution in [1.82, 2.24) is 9.88 Å². The average molecular weight is 432 g/mol. The van der Waals surface area contributed by atoms with Crippen LogP contribution in [0.4, 0.5) is 10.1 Å². The summed E-state index contributed by atoms with van der Waals surface area (Å²) in [5.41, 5.74) is 7.62. The molecule has 32 heavy (non-hydrogen) atoms. The normalized spacial score (nSPS) is 20.7. The summed E-state index contributed by atoms with van der Waals surface area (Å²) in [6.45, 7) is 4.40. The van der Waals surface area contributed by atoms with Gasteiger partial charge in [-0.1, -0.05) is 24.1 Å². The van der Waals surface area contributed by atoms with Crippen molar-refractivity contribution in [2.75, 3.05) is 31.1 Å². The molecule has 0 aliphatic carbocycles. The van der Waals surface area contributed by atoms with Gasteiger partial charge < -0.3 is 20.5 Å². The highest BCUT2D eigenvalue weighted by Crippen LogP contribution is 2.41. The highest BCUT2D eigenvalue weighted by molar-refractivity contribution is 6.19. The summed E-state index contributed by atoms with van der Waals surface area (Å²) >= 11 is 0. The number of nitrogens with one attached hydrogen (secondary N) is 1. The van der Waals surface area contributed by atoms with Gasteiger partial charge in [-0.2, -0.15) is 0 Å².